The van der Waals surface area contributed by atoms with Crippen molar-refractivity contribution in [2.75, 3.05) is 5.32 Å². The monoisotopic (exact) mass is 321 g/mol. The van der Waals surface area contributed by atoms with E-state index in [9.17, 15) is 0 Å². The van der Waals surface area contributed by atoms with Gasteiger partial charge in [-0.3, -0.25) is 4.98 Å². The summed E-state index contributed by atoms with van der Waals surface area (Å²) >= 11 is 8.44. The van der Waals surface area contributed by atoms with Crippen LogP contribution >= 0.6 is 28.1 Å². The number of benzene rings is 1. The van der Waals surface area contributed by atoms with E-state index in [2.05, 4.69) is 26.2 Å². The fourth-order valence-corrected chi connectivity index (χ4v) is 2.14. The molecule has 2 aromatic rings. The van der Waals surface area contributed by atoms with Crippen molar-refractivity contribution < 1.29 is 0 Å². The SMILES string of the molecule is Cc1ncccc1Nc1ccc(C(N)=S)cc1Br. The largest absolute Gasteiger partial charge is 0.389 e. The van der Waals surface area contributed by atoms with Crippen LogP contribution < -0.4 is 11.1 Å². The Morgan fingerprint density at radius 3 is 2.72 bits per heavy atom. The number of nitrogens with two attached hydrogens (primary N) is 1. The first-order valence-corrected chi connectivity index (χ1v) is 6.56. The van der Waals surface area contributed by atoms with Gasteiger partial charge in [-0.2, -0.15) is 0 Å². The Balaban J connectivity index is 2.30. The quantitative estimate of drug-likeness (QED) is 0.849. The highest BCUT2D eigenvalue weighted by molar-refractivity contribution is 9.10. The summed E-state index contributed by atoms with van der Waals surface area (Å²) in [6, 6.07) is 9.60. The van der Waals surface area contributed by atoms with Crippen molar-refractivity contribution in [2.45, 2.75) is 6.92 Å². The number of nitrogens with zero attached hydrogens (tertiary/aromatic N) is 1. The number of hydrogen-bond acceptors (Lipinski definition) is 3. The third kappa shape index (κ3) is 2.86. The number of hydrogen-bond donors (Lipinski definition) is 2. The molecular formula is C13H12BrN3S. The number of halogens is 1. The van der Waals surface area contributed by atoms with E-state index in [1.54, 1.807) is 6.20 Å². The smallest absolute Gasteiger partial charge is 0.104 e. The van der Waals surface area contributed by atoms with Gasteiger partial charge < -0.3 is 11.1 Å². The van der Waals surface area contributed by atoms with Gasteiger partial charge in [0.05, 0.1) is 17.1 Å². The summed E-state index contributed by atoms with van der Waals surface area (Å²) in [6.07, 6.45) is 1.77. The van der Waals surface area contributed by atoms with Gasteiger partial charge in [-0.05, 0) is 53.2 Å². The lowest BCUT2D eigenvalue weighted by Gasteiger charge is -2.11. The van der Waals surface area contributed by atoms with Crippen LogP contribution in [0.15, 0.2) is 41.0 Å². The minimum atomic E-state index is 0.389. The molecule has 5 heteroatoms. The standard InChI is InChI=1S/C13H12BrN3S/c1-8-11(3-2-6-16-8)17-12-5-4-9(13(15)18)7-10(12)14/h2-7,17H,1H3,(H2,15,18). The summed E-state index contributed by atoms with van der Waals surface area (Å²) in [5.74, 6) is 0. The summed E-state index contributed by atoms with van der Waals surface area (Å²) in [5, 5.41) is 3.31. The van der Waals surface area contributed by atoms with E-state index >= 15 is 0 Å². The maximum atomic E-state index is 5.59. The molecule has 0 atom stereocenters. The Bertz CT molecular complexity index is 599. The zero-order chi connectivity index (χ0) is 13.1. The number of nitrogens with one attached hydrogen (secondary N) is 1. The number of thiocarbonyl (C=S) groups is 1. The van der Waals surface area contributed by atoms with E-state index in [1.807, 2.05) is 37.3 Å². The van der Waals surface area contributed by atoms with Gasteiger partial charge in [-0.1, -0.05) is 12.2 Å². The van der Waals surface area contributed by atoms with Crippen LogP contribution in [-0.2, 0) is 0 Å². The van der Waals surface area contributed by atoms with Gasteiger partial charge in [0, 0.05) is 16.2 Å². The molecule has 0 amide bonds. The van der Waals surface area contributed by atoms with E-state index in [4.69, 9.17) is 18.0 Å². The molecule has 0 radical (unpaired) electrons. The molecule has 0 spiro atoms. The van der Waals surface area contributed by atoms with Gasteiger partial charge >= 0.3 is 0 Å². The second-order valence-electron chi connectivity index (χ2n) is 3.82. The molecule has 3 N–H and O–H groups in total. The van der Waals surface area contributed by atoms with Crippen LogP contribution in [0.3, 0.4) is 0 Å². The van der Waals surface area contributed by atoms with E-state index < -0.39 is 0 Å². The fraction of sp³-hybridized carbons (Fsp3) is 0.0769. The molecule has 18 heavy (non-hydrogen) atoms. The maximum Gasteiger partial charge on any atom is 0.104 e. The van der Waals surface area contributed by atoms with Crippen molar-refractivity contribution in [3.05, 3.63) is 52.3 Å². The molecule has 0 bridgehead atoms. The van der Waals surface area contributed by atoms with Gasteiger partial charge in [0.15, 0.2) is 0 Å². The Labute approximate surface area is 120 Å². The van der Waals surface area contributed by atoms with Crippen molar-refractivity contribution in [1.29, 1.82) is 0 Å². The summed E-state index contributed by atoms with van der Waals surface area (Å²) in [6.45, 7) is 1.96. The lowest BCUT2D eigenvalue weighted by Crippen LogP contribution is -2.09. The summed E-state index contributed by atoms with van der Waals surface area (Å²) in [4.78, 5) is 4.62. The highest BCUT2D eigenvalue weighted by atomic mass is 79.9. The average molecular weight is 322 g/mol. The van der Waals surface area contributed by atoms with Crippen LogP contribution in [0.1, 0.15) is 11.3 Å². The lowest BCUT2D eigenvalue weighted by atomic mass is 10.2. The van der Waals surface area contributed by atoms with E-state index in [1.165, 1.54) is 0 Å². The second kappa shape index (κ2) is 5.46. The third-order valence-electron chi connectivity index (χ3n) is 2.53. The van der Waals surface area contributed by atoms with Crippen LogP contribution in [0.25, 0.3) is 0 Å². The van der Waals surface area contributed by atoms with E-state index in [0.717, 1.165) is 27.1 Å². The van der Waals surface area contributed by atoms with Crippen LogP contribution in [0.2, 0.25) is 0 Å². The van der Waals surface area contributed by atoms with Gasteiger partial charge in [0.25, 0.3) is 0 Å². The Kier molecular flexibility index (Phi) is 3.93. The van der Waals surface area contributed by atoms with Crippen molar-refractivity contribution in [3.8, 4) is 0 Å². The molecule has 1 heterocycles. The molecule has 0 aliphatic carbocycles. The molecule has 0 fully saturated rings. The van der Waals surface area contributed by atoms with Crippen molar-refractivity contribution in [1.82, 2.24) is 4.98 Å². The lowest BCUT2D eigenvalue weighted by molar-refractivity contribution is 1.20. The molecule has 2 rings (SSSR count). The number of aromatic nitrogens is 1. The predicted octanol–water partition coefficient (Wildman–Crippen LogP) is 3.53. The highest BCUT2D eigenvalue weighted by Crippen LogP contribution is 2.27. The molecule has 0 unspecified atom stereocenters. The molecule has 92 valence electrons. The number of anilines is 2. The Hall–Kier alpha value is -1.46. The zero-order valence-electron chi connectivity index (χ0n) is 9.77. The minimum absolute atomic E-state index is 0.389. The van der Waals surface area contributed by atoms with Gasteiger partial charge in [-0.25, -0.2) is 0 Å². The second-order valence-corrected chi connectivity index (χ2v) is 5.11. The number of aryl methyl sites for hydroxylation is 1. The summed E-state index contributed by atoms with van der Waals surface area (Å²) in [5.41, 5.74) is 9.30. The molecule has 0 aliphatic heterocycles. The van der Waals surface area contributed by atoms with Crippen LogP contribution in [0.4, 0.5) is 11.4 Å². The van der Waals surface area contributed by atoms with Gasteiger partial charge in [-0.15, -0.1) is 0 Å². The first-order chi connectivity index (χ1) is 8.58. The van der Waals surface area contributed by atoms with E-state index in [0.29, 0.717) is 4.99 Å². The molecule has 1 aromatic carbocycles. The summed E-state index contributed by atoms with van der Waals surface area (Å²) < 4.78 is 0.913. The van der Waals surface area contributed by atoms with Crippen molar-refractivity contribution in [3.63, 3.8) is 0 Å². The topological polar surface area (TPSA) is 50.9 Å². The first kappa shape index (κ1) is 13.0. The van der Waals surface area contributed by atoms with Crippen molar-refractivity contribution >= 4 is 44.5 Å². The summed E-state index contributed by atoms with van der Waals surface area (Å²) in [7, 11) is 0. The van der Waals surface area contributed by atoms with Gasteiger partial charge in [0.2, 0.25) is 0 Å². The van der Waals surface area contributed by atoms with Gasteiger partial charge in [0.1, 0.15) is 4.99 Å². The number of pyridine rings is 1. The number of rotatable bonds is 3. The molecule has 0 aliphatic rings. The first-order valence-electron chi connectivity index (χ1n) is 5.36. The molecule has 3 nitrogen and oxygen atoms in total. The molecule has 1 aromatic heterocycles. The Morgan fingerprint density at radius 1 is 1.33 bits per heavy atom. The zero-order valence-corrected chi connectivity index (χ0v) is 12.2. The minimum Gasteiger partial charge on any atom is -0.389 e. The molecular weight excluding hydrogens is 310 g/mol. The van der Waals surface area contributed by atoms with Crippen molar-refractivity contribution in [2.24, 2.45) is 5.73 Å². The van der Waals surface area contributed by atoms with E-state index in [-0.39, 0.29) is 0 Å². The third-order valence-corrected chi connectivity index (χ3v) is 3.42. The maximum absolute atomic E-state index is 5.59. The van der Waals surface area contributed by atoms with Crippen LogP contribution in [-0.4, -0.2) is 9.97 Å². The highest BCUT2D eigenvalue weighted by Gasteiger charge is 2.05. The average Bonchev–Trinajstić information content (AvgIpc) is 2.34. The van der Waals surface area contributed by atoms with Crippen LogP contribution in [0, 0.1) is 6.92 Å². The normalized spacial score (nSPS) is 10.1. The molecule has 0 saturated heterocycles. The predicted molar refractivity (Wildman–Crippen MR) is 82.3 cm³/mol. The Morgan fingerprint density at radius 2 is 2.11 bits per heavy atom. The fourth-order valence-electron chi connectivity index (χ4n) is 1.53. The molecule has 0 saturated carbocycles. The van der Waals surface area contributed by atoms with Crippen LogP contribution in [0.5, 0.6) is 0 Å².